The van der Waals surface area contributed by atoms with Gasteiger partial charge in [-0.15, -0.1) is 0 Å². The molecule has 1 N–H and O–H groups in total. The Hall–Kier alpha value is -3.20. The molecule has 0 saturated carbocycles. The standard InChI is InChI=1S/C21H24N4O4S/c1-5-25-16-9-7-6-8-15(16)23-21(25)30-13-18(26)24-22-12-14-10-11-17(27-2)20(29-4)19(14)28-3/h6-12H,5,13H2,1-4H3,(H,24,26)/b22-12-. The molecule has 0 unspecified atom stereocenters. The number of carbonyl (C=O) groups is 1. The highest BCUT2D eigenvalue weighted by Crippen LogP contribution is 2.38. The average molecular weight is 429 g/mol. The molecule has 0 aliphatic rings. The third-order valence-electron chi connectivity index (χ3n) is 4.40. The van der Waals surface area contributed by atoms with Crippen molar-refractivity contribution >= 4 is 34.9 Å². The zero-order valence-electron chi connectivity index (χ0n) is 17.3. The van der Waals surface area contributed by atoms with E-state index < -0.39 is 0 Å². The van der Waals surface area contributed by atoms with Crippen LogP contribution in [0.15, 0.2) is 46.7 Å². The molecule has 0 saturated heterocycles. The number of aryl methyl sites for hydroxylation is 1. The first-order valence-corrected chi connectivity index (χ1v) is 10.3. The van der Waals surface area contributed by atoms with Crippen molar-refractivity contribution in [3.05, 3.63) is 42.0 Å². The Labute approximate surface area is 179 Å². The van der Waals surface area contributed by atoms with E-state index >= 15 is 0 Å². The Balaban J connectivity index is 1.65. The number of ether oxygens (including phenoxy) is 3. The summed E-state index contributed by atoms with van der Waals surface area (Å²) < 4.78 is 18.1. The van der Waals surface area contributed by atoms with Crippen LogP contribution in [-0.2, 0) is 11.3 Å². The van der Waals surface area contributed by atoms with Crippen LogP contribution in [0.25, 0.3) is 11.0 Å². The summed E-state index contributed by atoms with van der Waals surface area (Å²) in [6.07, 6.45) is 1.50. The summed E-state index contributed by atoms with van der Waals surface area (Å²) in [6, 6.07) is 11.4. The van der Waals surface area contributed by atoms with Crippen LogP contribution < -0.4 is 19.6 Å². The first-order valence-electron chi connectivity index (χ1n) is 9.31. The molecule has 1 aromatic heterocycles. The predicted octanol–water partition coefficient (Wildman–Crippen LogP) is 3.32. The number of imidazole rings is 1. The van der Waals surface area contributed by atoms with Gasteiger partial charge in [-0.1, -0.05) is 23.9 Å². The lowest BCUT2D eigenvalue weighted by Crippen LogP contribution is -2.20. The molecule has 158 valence electrons. The molecule has 0 aliphatic heterocycles. The van der Waals surface area contributed by atoms with E-state index in [0.717, 1.165) is 22.7 Å². The van der Waals surface area contributed by atoms with E-state index in [9.17, 15) is 4.79 Å². The van der Waals surface area contributed by atoms with Crippen molar-refractivity contribution in [3.63, 3.8) is 0 Å². The van der Waals surface area contributed by atoms with E-state index in [-0.39, 0.29) is 11.7 Å². The van der Waals surface area contributed by atoms with Crippen molar-refractivity contribution in [1.82, 2.24) is 15.0 Å². The molecular formula is C21H24N4O4S. The normalized spacial score (nSPS) is 11.1. The first-order chi connectivity index (χ1) is 14.6. The molecule has 8 nitrogen and oxygen atoms in total. The Morgan fingerprint density at radius 2 is 1.90 bits per heavy atom. The summed E-state index contributed by atoms with van der Waals surface area (Å²) in [6.45, 7) is 2.83. The SMILES string of the molecule is CCn1c(SCC(=O)N/N=C\c2ccc(OC)c(OC)c2OC)nc2ccccc21. The van der Waals surface area contributed by atoms with Crippen molar-refractivity contribution in [1.29, 1.82) is 0 Å². The van der Waals surface area contributed by atoms with Crippen LogP contribution in [-0.4, -0.2) is 48.8 Å². The number of para-hydroxylation sites is 2. The number of amides is 1. The van der Waals surface area contributed by atoms with E-state index in [0.29, 0.717) is 22.8 Å². The molecule has 0 aliphatic carbocycles. The summed E-state index contributed by atoms with van der Waals surface area (Å²) in [5.41, 5.74) is 5.16. The molecule has 0 radical (unpaired) electrons. The fourth-order valence-electron chi connectivity index (χ4n) is 3.03. The zero-order valence-corrected chi connectivity index (χ0v) is 18.2. The largest absolute Gasteiger partial charge is 0.493 e. The van der Waals surface area contributed by atoms with Crippen LogP contribution in [0, 0.1) is 0 Å². The monoisotopic (exact) mass is 428 g/mol. The number of nitrogens with zero attached hydrogens (tertiary/aromatic N) is 3. The van der Waals surface area contributed by atoms with Crippen molar-refractivity contribution < 1.29 is 19.0 Å². The molecule has 0 bridgehead atoms. The van der Waals surface area contributed by atoms with E-state index in [4.69, 9.17) is 14.2 Å². The number of thioether (sulfide) groups is 1. The van der Waals surface area contributed by atoms with E-state index in [1.54, 1.807) is 19.2 Å². The molecule has 30 heavy (non-hydrogen) atoms. The molecular weight excluding hydrogens is 404 g/mol. The van der Waals surface area contributed by atoms with Crippen molar-refractivity contribution in [3.8, 4) is 17.2 Å². The van der Waals surface area contributed by atoms with Crippen LogP contribution >= 0.6 is 11.8 Å². The molecule has 0 fully saturated rings. The van der Waals surface area contributed by atoms with Crippen molar-refractivity contribution in [2.24, 2.45) is 5.10 Å². The number of aromatic nitrogens is 2. The van der Waals surface area contributed by atoms with Crippen LogP contribution in [0.4, 0.5) is 0 Å². The molecule has 2 aromatic carbocycles. The average Bonchev–Trinajstić information content (AvgIpc) is 3.14. The van der Waals surface area contributed by atoms with Gasteiger partial charge in [0, 0.05) is 12.1 Å². The van der Waals surface area contributed by atoms with Crippen LogP contribution in [0.2, 0.25) is 0 Å². The van der Waals surface area contributed by atoms with E-state index in [1.165, 1.54) is 32.2 Å². The minimum atomic E-state index is -0.231. The van der Waals surface area contributed by atoms with Gasteiger partial charge < -0.3 is 18.8 Å². The third-order valence-corrected chi connectivity index (χ3v) is 5.37. The number of methoxy groups -OCH3 is 3. The van der Waals surface area contributed by atoms with Gasteiger partial charge in [0.1, 0.15) is 0 Å². The second-order valence-corrected chi connectivity index (χ2v) is 7.08. The smallest absolute Gasteiger partial charge is 0.250 e. The lowest BCUT2D eigenvalue weighted by Gasteiger charge is -2.13. The first kappa shape index (κ1) is 21.5. The predicted molar refractivity (Wildman–Crippen MR) is 118 cm³/mol. The third kappa shape index (κ3) is 4.51. The maximum Gasteiger partial charge on any atom is 0.250 e. The van der Waals surface area contributed by atoms with Crippen LogP contribution in [0.5, 0.6) is 17.2 Å². The molecule has 3 rings (SSSR count). The molecule has 0 atom stereocenters. The van der Waals surface area contributed by atoms with E-state index in [2.05, 4.69) is 27.0 Å². The molecule has 1 amide bonds. The maximum atomic E-state index is 12.2. The van der Waals surface area contributed by atoms with E-state index in [1.807, 2.05) is 24.3 Å². The fourth-order valence-corrected chi connectivity index (χ4v) is 3.90. The Morgan fingerprint density at radius 3 is 2.60 bits per heavy atom. The number of hydrogen-bond acceptors (Lipinski definition) is 7. The molecule has 1 heterocycles. The van der Waals surface area contributed by atoms with Gasteiger partial charge in [-0.05, 0) is 31.2 Å². The second kappa shape index (κ2) is 10.0. The number of carbonyl (C=O) groups excluding carboxylic acids is 1. The highest BCUT2D eigenvalue weighted by molar-refractivity contribution is 7.99. The van der Waals surface area contributed by atoms with Gasteiger partial charge in [0.25, 0.3) is 5.91 Å². The Bertz CT molecular complexity index is 1060. The van der Waals surface area contributed by atoms with Crippen LogP contribution in [0.3, 0.4) is 0 Å². The van der Waals surface area contributed by atoms with Crippen LogP contribution in [0.1, 0.15) is 12.5 Å². The van der Waals surface area contributed by atoms with Crippen molar-refractivity contribution in [2.75, 3.05) is 27.1 Å². The maximum absolute atomic E-state index is 12.2. The quantitative estimate of drug-likeness (QED) is 0.320. The Kier molecular flexibility index (Phi) is 7.18. The summed E-state index contributed by atoms with van der Waals surface area (Å²) in [5, 5.41) is 4.84. The summed E-state index contributed by atoms with van der Waals surface area (Å²) in [4.78, 5) is 16.8. The topological polar surface area (TPSA) is 87.0 Å². The number of fused-ring (bicyclic) bond motifs is 1. The van der Waals surface area contributed by atoms with Gasteiger partial charge in [-0.3, -0.25) is 4.79 Å². The number of hydrazone groups is 1. The number of rotatable bonds is 9. The lowest BCUT2D eigenvalue weighted by atomic mass is 10.2. The van der Waals surface area contributed by atoms with Gasteiger partial charge in [0.15, 0.2) is 16.7 Å². The number of hydrogen-bond donors (Lipinski definition) is 1. The summed E-state index contributed by atoms with van der Waals surface area (Å²) in [7, 11) is 4.61. The molecule has 0 spiro atoms. The number of nitrogens with one attached hydrogen (secondary N) is 1. The number of benzene rings is 2. The van der Waals surface area contributed by atoms with Gasteiger partial charge >= 0.3 is 0 Å². The van der Waals surface area contributed by atoms with Gasteiger partial charge in [-0.2, -0.15) is 5.10 Å². The second-order valence-electron chi connectivity index (χ2n) is 6.13. The summed E-state index contributed by atoms with van der Waals surface area (Å²) in [5.74, 6) is 1.45. The minimum absolute atomic E-state index is 0.198. The highest BCUT2D eigenvalue weighted by Gasteiger charge is 2.15. The highest BCUT2D eigenvalue weighted by atomic mass is 32.2. The summed E-state index contributed by atoms with van der Waals surface area (Å²) >= 11 is 1.38. The van der Waals surface area contributed by atoms with Gasteiger partial charge in [0.2, 0.25) is 5.75 Å². The van der Waals surface area contributed by atoms with Crippen molar-refractivity contribution in [2.45, 2.75) is 18.6 Å². The van der Waals surface area contributed by atoms with Gasteiger partial charge in [0.05, 0.1) is 44.3 Å². The molecule has 9 heteroatoms. The zero-order chi connectivity index (χ0) is 21.5. The lowest BCUT2D eigenvalue weighted by molar-refractivity contribution is -0.118. The minimum Gasteiger partial charge on any atom is -0.493 e. The fraction of sp³-hybridized carbons (Fsp3) is 0.286. The molecule has 3 aromatic rings. The Morgan fingerprint density at radius 1 is 1.13 bits per heavy atom. The van der Waals surface area contributed by atoms with Gasteiger partial charge in [-0.25, -0.2) is 10.4 Å².